The third-order valence-corrected chi connectivity index (χ3v) is 6.48. The molecule has 9 nitrogen and oxygen atoms in total. The van der Waals surface area contributed by atoms with Gasteiger partial charge in [-0.3, -0.25) is 18.6 Å². The van der Waals surface area contributed by atoms with Crippen LogP contribution in [0.2, 0.25) is 0 Å². The number of esters is 2. The standard InChI is InChI=1S/C25H50NO8P/c1-3-5-7-9-11-12-14-15-17-24(27)31-21-23(22-33-35(29,30)32-20-19-26)34-25(28)18-16-13-10-8-6-4-2/h23H,3-22,26H2,1-2H3,(H,29,30)/t23-/m1/s1. The van der Waals surface area contributed by atoms with Crippen LogP contribution in [0, 0.1) is 0 Å². The molecule has 0 saturated heterocycles. The lowest BCUT2D eigenvalue weighted by Crippen LogP contribution is -2.29. The van der Waals surface area contributed by atoms with Gasteiger partial charge in [0.05, 0.1) is 13.2 Å². The summed E-state index contributed by atoms with van der Waals surface area (Å²) in [4.78, 5) is 34.0. The van der Waals surface area contributed by atoms with Crippen LogP contribution < -0.4 is 5.73 Å². The summed E-state index contributed by atoms with van der Waals surface area (Å²) in [5, 5.41) is 0. The molecule has 0 aromatic heterocycles. The lowest BCUT2D eigenvalue weighted by Gasteiger charge is -2.19. The number of ether oxygens (including phenoxy) is 2. The zero-order valence-electron chi connectivity index (χ0n) is 22.0. The molecule has 0 fully saturated rings. The van der Waals surface area contributed by atoms with Gasteiger partial charge in [-0.1, -0.05) is 90.9 Å². The molecule has 0 aliphatic heterocycles. The quantitative estimate of drug-likeness (QED) is 0.0862. The second-order valence-corrected chi connectivity index (χ2v) is 10.4. The normalized spacial score (nSPS) is 13.8. The van der Waals surface area contributed by atoms with Gasteiger partial charge in [-0.2, -0.15) is 0 Å². The SMILES string of the molecule is CCCCCCCCCCC(=O)OC[C@H](COP(=O)(O)OCCN)OC(=O)CCCCCCCC. The average Bonchev–Trinajstić information content (AvgIpc) is 2.83. The van der Waals surface area contributed by atoms with Gasteiger partial charge in [0.15, 0.2) is 6.10 Å². The van der Waals surface area contributed by atoms with Crippen LogP contribution in [0.25, 0.3) is 0 Å². The lowest BCUT2D eigenvalue weighted by atomic mass is 10.1. The molecule has 0 saturated carbocycles. The minimum Gasteiger partial charge on any atom is -0.462 e. The van der Waals surface area contributed by atoms with E-state index < -0.39 is 26.5 Å². The second kappa shape index (κ2) is 23.4. The van der Waals surface area contributed by atoms with Crippen molar-refractivity contribution in [1.29, 1.82) is 0 Å². The highest BCUT2D eigenvalue weighted by molar-refractivity contribution is 7.47. The molecule has 0 radical (unpaired) electrons. The Kier molecular flexibility index (Phi) is 22.7. The Bertz CT molecular complexity index is 576. The smallest absolute Gasteiger partial charge is 0.462 e. The van der Waals surface area contributed by atoms with Gasteiger partial charge in [-0.05, 0) is 12.8 Å². The van der Waals surface area contributed by atoms with Crippen molar-refractivity contribution >= 4 is 19.8 Å². The fraction of sp³-hybridized carbons (Fsp3) is 0.920. The zero-order chi connectivity index (χ0) is 26.2. The molecule has 10 heteroatoms. The topological polar surface area (TPSA) is 134 Å². The molecule has 1 unspecified atom stereocenters. The van der Waals surface area contributed by atoms with Crippen LogP contribution in [0.5, 0.6) is 0 Å². The van der Waals surface area contributed by atoms with E-state index in [0.717, 1.165) is 44.9 Å². The van der Waals surface area contributed by atoms with Gasteiger partial charge in [0, 0.05) is 19.4 Å². The maximum absolute atomic E-state index is 12.2. The van der Waals surface area contributed by atoms with Gasteiger partial charge in [0.2, 0.25) is 0 Å². The highest BCUT2D eigenvalue weighted by Gasteiger charge is 2.25. The first kappa shape index (κ1) is 34.0. The summed E-state index contributed by atoms with van der Waals surface area (Å²) < 4.78 is 32.1. The van der Waals surface area contributed by atoms with E-state index in [-0.39, 0.29) is 38.6 Å². The van der Waals surface area contributed by atoms with E-state index >= 15 is 0 Å². The molecule has 0 amide bonds. The van der Waals surface area contributed by atoms with E-state index in [1.807, 2.05) is 0 Å². The van der Waals surface area contributed by atoms with Gasteiger partial charge in [0.1, 0.15) is 6.61 Å². The number of phosphoric ester groups is 1. The van der Waals surface area contributed by atoms with E-state index in [0.29, 0.717) is 6.42 Å². The van der Waals surface area contributed by atoms with E-state index in [2.05, 4.69) is 13.8 Å². The third kappa shape index (κ3) is 23.2. The summed E-state index contributed by atoms with van der Waals surface area (Å²) in [6, 6.07) is 0. The van der Waals surface area contributed by atoms with Gasteiger partial charge in [0.25, 0.3) is 0 Å². The van der Waals surface area contributed by atoms with Crippen molar-refractivity contribution in [2.45, 2.75) is 123 Å². The summed E-state index contributed by atoms with van der Waals surface area (Å²) >= 11 is 0. The molecule has 0 aromatic rings. The lowest BCUT2D eigenvalue weighted by molar-refractivity contribution is -0.161. The van der Waals surface area contributed by atoms with Crippen molar-refractivity contribution in [1.82, 2.24) is 0 Å². The molecule has 208 valence electrons. The maximum Gasteiger partial charge on any atom is 0.472 e. The van der Waals surface area contributed by atoms with Crippen LogP contribution in [0.15, 0.2) is 0 Å². The van der Waals surface area contributed by atoms with Gasteiger partial charge in [-0.25, -0.2) is 4.57 Å². The van der Waals surface area contributed by atoms with Crippen LogP contribution >= 0.6 is 7.82 Å². The van der Waals surface area contributed by atoms with Crippen LogP contribution in [0.1, 0.15) is 117 Å². The average molecular weight is 524 g/mol. The number of phosphoric acid groups is 1. The molecular formula is C25H50NO8P. The summed E-state index contributed by atoms with van der Waals surface area (Å²) in [5.74, 6) is -0.844. The summed E-state index contributed by atoms with van der Waals surface area (Å²) in [6.07, 6.45) is 14.7. The maximum atomic E-state index is 12.2. The minimum absolute atomic E-state index is 0.0565. The monoisotopic (exact) mass is 523 g/mol. The minimum atomic E-state index is -4.34. The van der Waals surface area contributed by atoms with Crippen LogP contribution in [0.4, 0.5) is 0 Å². The third-order valence-electron chi connectivity index (χ3n) is 5.49. The second-order valence-electron chi connectivity index (χ2n) is 8.92. The predicted molar refractivity (Wildman–Crippen MR) is 137 cm³/mol. The first-order chi connectivity index (χ1) is 16.8. The number of carbonyl (C=O) groups is 2. The molecule has 3 N–H and O–H groups in total. The summed E-state index contributed by atoms with van der Waals surface area (Å²) in [7, 11) is -4.34. The van der Waals surface area contributed by atoms with Gasteiger partial charge in [-0.15, -0.1) is 0 Å². The Labute approximate surface area is 212 Å². The van der Waals surface area contributed by atoms with Crippen molar-refractivity contribution in [2.75, 3.05) is 26.4 Å². The first-order valence-electron chi connectivity index (χ1n) is 13.5. The number of hydrogen-bond donors (Lipinski definition) is 2. The Morgan fingerprint density at radius 1 is 0.743 bits per heavy atom. The van der Waals surface area contributed by atoms with Crippen LogP contribution in [-0.2, 0) is 32.7 Å². The Morgan fingerprint density at radius 3 is 1.74 bits per heavy atom. The Morgan fingerprint density at radius 2 is 1.23 bits per heavy atom. The predicted octanol–water partition coefficient (Wildman–Crippen LogP) is 5.82. The van der Waals surface area contributed by atoms with E-state index in [1.165, 1.54) is 38.5 Å². The van der Waals surface area contributed by atoms with Gasteiger partial charge < -0.3 is 20.1 Å². The molecule has 0 heterocycles. The molecule has 0 spiro atoms. The molecule has 0 rings (SSSR count). The van der Waals surface area contributed by atoms with Crippen molar-refractivity contribution in [3.05, 3.63) is 0 Å². The summed E-state index contributed by atoms with van der Waals surface area (Å²) in [5.41, 5.74) is 5.27. The molecule has 0 aliphatic rings. The molecule has 35 heavy (non-hydrogen) atoms. The number of rotatable bonds is 25. The molecule has 0 aromatic carbocycles. The van der Waals surface area contributed by atoms with Crippen LogP contribution in [-0.4, -0.2) is 49.3 Å². The first-order valence-corrected chi connectivity index (χ1v) is 15.0. The van der Waals surface area contributed by atoms with Crippen LogP contribution in [0.3, 0.4) is 0 Å². The van der Waals surface area contributed by atoms with Crippen molar-refractivity contribution in [3.8, 4) is 0 Å². The summed E-state index contributed by atoms with van der Waals surface area (Å²) in [6.45, 7) is 3.58. The fourth-order valence-corrected chi connectivity index (χ4v) is 4.22. The fourth-order valence-electron chi connectivity index (χ4n) is 3.45. The van der Waals surface area contributed by atoms with E-state index in [4.69, 9.17) is 24.3 Å². The number of nitrogens with two attached hydrogens (primary N) is 1. The van der Waals surface area contributed by atoms with Gasteiger partial charge >= 0.3 is 19.8 Å². The molecule has 2 atom stereocenters. The highest BCUT2D eigenvalue weighted by atomic mass is 31.2. The molecule has 0 bridgehead atoms. The van der Waals surface area contributed by atoms with Crippen molar-refractivity contribution in [3.63, 3.8) is 0 Å². The molecular weight excluding hydrogens is 473 g/mol. The Hall–Kier alpha value is -0.990. The largest absolute Gasteiger partial charge is 0.472 e. The van der Waals surface area contributed by atoms with Crippen molar-refractivity contribution in [2.24, 2.45) is 5.73 Å². The number of carbonyl (C=O) groups excluding carboxylic acids is 2. The van der Waals surface area contributed by atoms with E-state index in [9.17, 15) is 19.0 Å². The zero-order valence-corrected chi connectivity index (χ0v) is 22.9. The molecule has 0 aliphatic carbocycles. The number of hydrogen-bond acceptors (Lipinski definition) is 8. The Balaban J connectivity index is 4.39. The highest BCUT2D eigenvalue weighted by Crippen LogP contribution is 2.43. The number of unbranched alkanes of at least 4 members (excludes halogenated alkanes) is 12. The van der Waals surface area contributed by atoms with E-state index in [1.54, 1.807) is 0 Å². The van der Waals surface area contributed by atoms with Crippen molar-refractivity contribution < 1.29 is 37.6 Å².